The van der Waals surface area contributed by atoms with Gasteiger partial charge in [-0.25, -0.2) is 4.39 Å². The molecule has 4 saturated heterocycles. The van der Waals surface area contributed by atoms with Gasteiger partial charge in [0.05, 0.1) is 10.9 Å². The van der Waals surface area contributed by atoms with Gasteiger partial charge in [0, 0.05) is 30.9 Å². The zero-order valence-corrected chi connectivity index (χ0v) is 23.2. The van der Waals surface area contributed by atoms with Crippen molar-refractivity contribution in [1.82, 2.24) is 25.2 Å². The van der Waals surface area contributed by atoms with Crippen molar-refractivity contribution in [2.24, 2.45) is 5.92 Å². The Balaban J connectivity index is 1.24. The van der Waals surface area contributed by atoms with Gasteiger partial charge in [-0.3, -0.25) is 9.88 Å². The van der Waals surface area contributed by atoms with E-state index in [1.54, 1.807) is 18.3 Å². The Morgan fingerprint density at radius 2 is 1.90 bits per heavy atom. The maximum atomic E-state index is 16.6. The van der Waals surface area contributed by atoms with Crippen LogP contribution in [0.2, 0.25) is 0 Å². The number of fused-ring (bicyclic) bond motifs is 4. The van der Waals surface area contributed by atoms with E-state index in [0.29, 0.717) is 35.3 Å². The Hall–Kier alpha value is -3.56. The molecule has 6 heterocycles. The number of benzene rings is 2. The number of hydrogen-bond donors (Lipinski definition) is 2. The maximum Gasteiger partial charge on any atom is 0.319 e. The van der Waals surface area contributed by atoms with Gasteiger partial charge in [0.15, 0.2) is 5.82 Å². The summed E-state index contributed by atoms with van der Waals surface area (Å²) in [5, 5.41) is 16.3. The van der Waals surface area contributed by atoms with E-state index in [2.05, 4.69) is 25.1 Å². The second-order valence-corrected chi connectivity index (χ2v) is 12.3. The van der Waals surface area contributed by atoms with Gasteiger partial charge < -0.3 is 20.1 Å². The van der Waals surface area contributed by atoms with Gasteiger partial charge in [0.2, 0.25) is 0 Å². The highest BCUT2D eigenvalue weighted by Gasteiger charge is 2.45. The molecule has 9 heteroatoms. The molecule has 41 heavy (non-hydrogen) atoms. The highest BCUT2D eigenvalue weighted by Crippen LogP contribution is 2.41. The van der Waals surface area contributed by atoms with Gasteiger partial charge in [0.1, 0.15) is 29.4 Å². The Kier molecular flexibility index (Phi) is 6.00. The Labute approximate surface area is 238 Å². The van der Waals surface area contributed by atoms with Crippen LogP contribution < -0.4 is 15.0 Å². The molecule has 8 rings (SSSR count). The molecule has 0 amide bonds. The van der Waals surface area contributed by atoms with Crippen molar-refractivity contribution in [1.29, 1.82) is 0 Å². The molecule has 4 aromatic rings. The first-order valence-electron chi connectivity index (χ1n) is 15.0. The third kappa shape index (κ3) is 4.20. The summed E-state index contributed by atoms with van der Waals surface area (Å²) in [5.41, 5.74) is 0.934. The average molecular weight is 555 g/mol. The van der Waals surface area contributed by atoms with Crippen LogP contribution in [0.1, 0.15) is 38.5 Å². The number of aromatic hydroxyl groups is 1. The second-order valence-electron chi connectivity index (χ2n) is 12.3. The Bertz CT molecular complexity index is 1620. The van der Waals surface area contributed by atoms with Gasteiger partial charge >= 0.3 is 6.01 Å². The van der Waals surface area contributed by atoms with E-state index in [9.17, 15) is 5.11 Å². The van der Waals surface area contributed by atoms with E-state index in [0.717, 1.165) is 56.3 Å². The summed E-state index contributed by atoms with van der Waals surface area (Å²) < 4.78 is 23.0. The summed E-state index contributed by atoms with van der Waals surface area (Å²) in [6.45, 7) is 5.44. The Morgan fingerprint density at radius 1 is 1.05 bits per heavy atom. The number of hydrogen-bond acceptors (Lipinski definition) is 8. The zero-order chi connectivity index (χ0) is 27.6. The number of rotatable bonds is 5. The van der Waals surface area contributed by atoms with Crippen LogP contribution in [0.3, 0.4) is 0 Å². The summed E-state index contributed by atoms with van der Waals surface area (Å²) in [6.07, 6.45) is 8.62. The minimum absolute atomic E-state index is 0.0351. The lowest BCUT2D eigenvalue weighted by atomic mass is 9.94. The zero-order valence-electron chi connectivity index (χ0n) is 23.2. The monoisotopic (exact) mass is 554 g/mol. The van der Waals surface area contributed by atoms with E-state index < -0.39 is 5.82 Å². The molecule has 0 saturated carbocycles. The summed E-state index contributed by atoms with van der Waals surface area (Å²) in [5.74, 6) is 0.768. The van der Waals surface area contributed by atoms with E-state index >= 15 is 4.39 Å². The second kappa shape index (κ2) is 9.77. The molecule has 212 valence electrons. The normalized spacial score (nSPS) is 23.8. The summed E-state index contributed by atoms with van der Waals surface area (Å²) in [7, 11) is 0. The molecule has 4 aliphatic rings. The predicted octanol–water partition coefficient (Wildman–Crippen LogP) is 4.89. The van der Waals surface area contributed by atoms with Crippen LogP contribution in [0.15, 0.2) is 42.6 Å². The topological polar surface area (TPSA) is 86.6 Å². The quantitative estimate of drug-likeness (QED) is 0.361. The van der Waals surface area contributed by atoms with Crippen LogP contribution in [0.4, 0.5) is 10.2 Å². The maximum absolute atomic E-state index is 16.6. The first kappa shape index (κ1) is 25.2. The molecule has 4 aliphatic heterocycles. The van der Waals surface area contributed by atoms with Crippen molar-refractivity contribution < 1.29 is 14.2 Å². The predicted molar refractivity (Wildman–Crippen MR) is 157 cm³/mol. The smallest absolute Gasteiger partial charge is 0.319 e. The lowest BCUT2D eigenvalue weighted by Gasteiger charge is -2.31. The van der Waals surface area contributed by atoms with Gasteiger partial charge in [-0.1, -0.05) is 24.3 Å². The number of piperidine rings is 1. The van der Waals surface area contributed by atoms with Crippen molar-refractivity contribution in [2.75, 3.05) is 44.2 Å². The number of nitrogens with one attached hydrogen (secondary N) is 1. The molecular weight excluding hydrogens is 519 g/mol. The molecular formula is C32H35FN6O2. The van der Waals surface area contributed by atoms with Crippen molar-refractivity contribution in [3.05, 3.63) is 48.4 Å². The van der Waals surface area contributed by atoms with Crippen molar-refractivity contribution in [3.8, 4) is 23.0 Å². The van der Waals surface area contributed by atoms with Gasteiger partial charge in [-0.15, -0.1) is 0 Å². The molecule has 8 nitrogen and oxygen atoms in total. The standard InChI is InChI=1S/C32H35FN6O2/c33-27-28(24-15-22(40)14-20-6-1-2-8-23(20)24)35-16-25-29(27)36-31(41-19-32-9-4-12-39(32)13-5-10-32)37-30(25)38-17-21-7-3-11-34-26(21)18-38/h1-2,6,8,14-16,21,26,34,40H,3-5,7,9-13,17-19H2. The van der Waals surface area contributed by atoms with Crippen LogP contribution in [0, 0.1) is 11.7 Å². The SMILES string of the molecule is Oc1cc(-c2ncc3c(N4CC5CCCNC5C4)nc(OCC45CCCN4CCC5)nc3c2F)c2ccccc2c1. The van der Waals surface area contributed by atoms with Crippen LogP contribution in [-0.4, -0.2) is 75.9 Å². The van der Waals surface area contributed by atoms with E-state index in [1.165, 1.54) is 25.7 Å². The summed E-state index contributed by atoms with van der Waals surface area (Å²) >= 11 is 0. The number of halogens is 1. The van der Waals surface area contributed by atoms with Gasteiger partial charge in [-0.05, 0) is 87.0 Å². The molecule has 0 spiro atoms. The third-order valence-corrected chi connectivity index (χ3v) is 9.93. The molecule has 2 unspecified atom stereocenters. The number of ether oxygens (including phenoxy) is 1. The fourth-order valence-corrected chi connectivity index (χ4v) is 7.89. The molecule has 2 atom stereocenters. The number of anilines is 1. The molecule has 0 radical (unpaired) electrons. The average Bonchev–Trinajstić information content (AvgIpc) is 3.70. The largest absolute Gasteiger partial charge is 0.508 e. The lowest BCUT2D eigenvalue weighted by Crippen LogP contribution is -2.43. The van der Waals surface area contributed by atoms with Gasteiger partial charge in [0.25, 0.3) is 0 Å². The number of phenolic OH excluding ortho intramolecular Hbond substituents is 1. The van der Waals surface area contributed by atoms with Crippen molar-refractivity contribution in [3.63, 3.8) is 0 Å². The minimum atomic E-state index is -0.525. The highest BCUT2D eigenvalue weighted by atomic mass is 19.1. The molecule has 0 bridgehead atoms. The number of pyridine rings is 1. The lowest BCUT2D eigenvalue weighted by molar-refractivity contribution is 0.108. The van der Waals surface area contributed by atoms with Crippen molar-refractivity contribution in [2.45, 2.75) is 50.1 Å². The van der Waals surface area contributed by atoms with E-state index in [-0.39, 0.29) is 28.5 Å². The van der Waals surface area contributed by atoms with Gasteiger partial charge in [-0.2, -0.15) is 9.97 Å². The van der Waals surface area contributed by atoms with Crippen molar-refractivity contribution >= 4 is 27.5 Å². The van der Waals surface area contributed by atoms with Crippen LogP contribution >= 0.6 is 0 Å². The fourth-order valence-electron chi connectivity index (χ4n) is 7.89. The minimum Gasteiger partial charge on any atom is -0.508 e. The first-order valence-corrected chi connectivity index (χ1v) is 15.0. The van der Waals surface area contributed by atoms with E-state index in [4.69, 9.17) is 9.72 Å². The van der Waals surface area contributed by atoms with Crippen LogP contribution in [0.5, 0.6) is 11.8 Å². The molecule has 0 aliphatic carbocycles. The third-order valence-electron chi connectivity index (χ3n) is 9.93. The molecule has 2 N–H and O–H groups in total. The molecule has 4 fully saturated rings. The van der Waals surface area contributed by atoms with Crippen LogP contribution in [0.25, 0.3) is 32.9 Å². The molecule has 2 aromatic heterocycles. The summed E-state index contributed by atoms with van der Waals surface area (Å²) in [6, 6.07) is 11.5. The molecule has 2 aromatic carbocycles. The number of phenols is 1. The van der Waals surface area contributed by atoms with Crippen LogP contribution in [-0.2, 0) is 0 Å². The first-order chi connectivity index (χ1) is 20.1. The van der Waals surface area contributed by atoms with E-state index in [1.807, 2.05) is 24.3 Å². The number of nitrogens with zero attached hydrogens (tertiary/aromatic N) is 5. The summed E-state index contributed by atoms with van der Waals surface area (Å²) in [4.78, 5) is 19.0. The number of aromatic nitrogens is 3. The fraction of sp³-hybridized carbons (Fsp3) is 0.469. The highest BCUT2D eigenvalue weighted by molar-refractivity contribution is 5.99. The Morgan fingerprint density at radius 3 is 2.76 bits per heavy atom.